The summed E-state index contributed by atoms with van der Waals surface area (Å²) >= 11 is 0. The third-order valence-corrected chi connectivity index (χ3v) is 2.53. The largest absolute Gasteiger partial charge is 0.369 e. The number of nitrogens with two attached hydrogens (primary N) is 1. The summed E-state index contributed by atoms with van der Waals surface area (Å²) in [5.74, 6) is 0.767. The Labute approximate surface area is 106 Å². The van der Waals surface area contributed by atoms with Crippen molar-refractivity contribution < 1.29 is 0 Å². The highest BCUT2D eigenvalue weighted by atomic mass is 15.2. The molecule has 18 heavy (non-hydrogen) atoms. The van der Waals surface area contributed by atoms with Crippen molar-refractivity contribution in [3.05, 3.63) is 36.7 Å². The topological polar surface area (TPSA) is 76.7 Å². The van der Waals surface area contributed by atoms with Gasteiger partial charge in [-0.1, -0.05) is 0 Å². The van der Waals surface area contributed by atoms with Gasteiger partial charge in [0.15, 0.2) is 0 Å². The summed E-state index contributed by atoms with van der Waals surface area (Å²) in [5, 5.41) is 11.5. The Morgan fingerprint density at radius 2 is 2.17 bits per heavy atom. The normalized spacial score (nSPS) is 12.1. The van der Waals surface area contributed by atoms with Gasteiger partial charge in [0, 0.05) is 30.5 Å². The van der Waals surface area contributed by atoms with Crippen LogP contribution in [0.3, 0.4) is 0 Å². The van der Waals surface area contributed by atoms with Crippen LogP contribution in [0.1, 0.15) is 13.3 Å². The molecule has 0 bridgehead atoms. The van der Waals surface area contributed by atoms with Crippen LogP contribution in [0.15, 0.2) is 36.7 Å². The minimum atomic E-state index is 0.195. The molecule has 0 fully saturated rings. The second-order valence-electron chi connectivity index (χ2n) is 4.24. The van der Waals surface area contributed by atoms with E-state index in [1.54, 1.807) is 12.4 Å². The molecule has 3 N–H and O–H groups in total. The van der Waals surface area contributed by atoms with E-state index in [4.69, 9.17) is 5.73 Å². The minimum Gasteiger partial charge on any atom is -0.369 e. The van der Waals surface area contributed by atoms with E-state index in [1.807, 2.05) is 31.2 Å². The SMILES string of the molecule is CC(N)CCNc1ccc(-c2cccnc2)nn1. The number of hydrogen-bond donors (Lipinski definition) is 2. The van der Waals surface area contributed by atoms with E-state index in [0.29, 0.717) is 0 Å². The van der Waals surface area contributed by atoms with Crippen molar-refractivity contribution in [3.63, 3.8) is 0 Å². The molecular formula is C13H17N5. The highest BCUT2D eigenvalue weighted by Crippen LogP contribution is 2.15. The molecule has 1 unspecified atom stereocenters. The quantitative estimate of drug-likeness (QED) is 0.835. The third-order valence-electron chi connectivity index (χ3n) is 2.53. The van der Waals surface area contributed by atoms with Gasteiger partial charge in [0.1, 0.15) is 5.82 Å². The lowest BCUT2D eigenvalue weighted by Gasteiger charge is -2.07. The van der Waals surface area contributed by atoms with Crippen LogP contribution >= 0.6 is 0 Å². The summed E-state index contributed by atoms with van der Waals surface area (Å²) in [6, 6.07) is 7.88. The fourth-order valence-corrected chi connectivity index (χ4v) is 1.52. The molecule has 0 aliphatic carbocycles. The lowest BCUT2D eigenvalue weighted by atomic mass is 10.2. The number of rotatable bonds is 5. The fourth-order valence-electron chi connectivity index (χ4n) is 1.52. The first-order chi connectivity index (χ1) is 8.75. The number of anilines is 1. The molecular weight excluding hydrogens is 226 g/mol. The van der Waals surface area contributed by atoms with Crippen LogP contribution in [0.2, 0.25) is 0 Å². The van der Waals surface area contributed by atoms with Crippen LogP contribution in [0.25, 0.3) is 11.3 Å². The summed E-state index contributed by atoms with van der Waals surface area (Å²) in [6.07, 6.45) is 4.42. The molecule has 2 rings (SSSR count). The molecule has 0 radical (unpaired) electrons. The maximum atomic E-state index is 5.67. The lowest BCUT2D eigenvalue weighted by molar-refractivity contribution is 0.688. The summed E-state index contributed by atoms with van der Waals surface area (Å²) in [5.41, 5.74) is 7.46. The lowest BCUT2D eigenvalue weighted by Crippen LogP contribution is -2.19. The highest BCUT2D eigenvalue weighted by molar-refractivity contribution is 5.57. The van der Waals surface area contributed by atoms with Gasteiger partial charge in [-0.3, -0.25) is 4.98 Å². The van der Waals surface area contributed by atoms with Crippen molar-refractivity contribution in [2.75, 3.05) is 11.9 Å². The van der Waals surface area contributed by atoms with Crippen molar-refractivity contribution >= 4 is 5.82 Å². The molecule has 0 aliphatic rings. The highest BCUT2D eigenvalue weighted by Gasteiger charge is 2.01. The van der Waals surface area contributed by atoms with E-state index < -0.39 is 0 Å². The van der Waals surface area contributed by atoms with Gasteiger partial charge < -0.3 is 11.1 Å². The maximum Gasteiger partial charge on any atom is 0.148 e. The predicted octanol–water partition coefficient (Wildman–Crippen LogP) is 1.69. The molecule has 1 atom stereocenters. The van der Waals surface area contributed by atoms with Gasteiger partial charge in [-0.25, -0.2) is 0 Å². The molecule has 0 saturated carbocycles. The van der Waals surface area contributed by atoms with Gasteiger partial charge in [-0.2, -0.15) is 0 Å². The molecule has 2 heterocycles. The van der Waals surface area contributed by atoms with E-state index in [9.17, 15) is 0 Å². The van der Waals surface area contributed by atoms with E-state index >= 15 is 0 Å². The number of aromatic nitrogens is 3. The van der Waals surface area contributed by atoms with Crippen LogP contribution in [-0.4, -0.2) is 27.8 Å². The Morgan fingerprint density at radius 3 is 2.78 bits per heavy atom. The molecule has 0 saturated heterocycles. The number of nitrogens with zero attached hydrogens (tertiary/aromatic N) is 3. The third kappa shape index (κ3) is 3.49. The Kier molecular flexibility index (Phi) is 4.20. The average Bonchev–Trinajstić information content (AvgIpc) is 2.40. The summed E-state index contributed by atoms with van der Waals surface area (Å²) < 4.78 is 0. The van der Waals surface area contributed by atoms with Gasteiger partial charge in [-0.15, -0.1) is 10.2 Å². The summed E-state index contributed by atoms with van der Waals surface area (Å²) in [4.78, 5) is 4.06. The first-order valence-electron chi connectivity index (χ1n) is 5.99. The van der Waals surface area contributed by atoms with E-state index in [-0.39, 0.29) is 6.04 Å². The number of nitrogens with one attached hydrogen (secondary N) is 1. The first-order valence-corrected chi connectivity index (χ1v) is 5.99. The molecule has 94 valence electrons. The molecule has 0 aromatic carbocycles. The van der Waals surface area contributed by atoms with Crippen LogP contribution in [0.5, 0.6) is 0 Å². The zero-order valence-electron chi connectivity index (χ0n) is 10.4. The molecule has 0 aliphatic heterocycles. The zero-order chi connectivity index (χ0) is 12.8. The van der Waals surface area contributed by atoms with Gasteiger partial charge in [0.2, 0.25) is 0 Å². The monoisotopic (exact) mass is 243 g/mol. The fraction of sp³-hybridized carbons (Fsp3) is 0.308. The van der Waals surface area contributed by atoms with Crippen LogP contribution in [0.4, 0.5) is 5.82 Å². The van der Waals surface area contributed by atoms with Crippen LogP contribution in [-0.2, 0) is 0 Å². The second-order valence-corrected chi connectivity index (χ2v) is 4.24. The zero-order valence-corrected chi connectivity index (χ0v) is 10.4. The number of hydrogen-bond acceptors (Lipinski definition) is 5. The Hall–Kier alpha value is -2.01. The average molecular weight is 243 g/mol. The molecule has 0 spiro atoms. The van der Waals surface area contributed by atoms with E-state index in [2.05, 4.69) is 20.5 Å². The van der Waals surface area contributed by atoms with Crippen molar-refractivity contribution in [1.29, 1.82) is 0 Å². The second kappa shape index (κ2) is 6.07. The molecule has 5 heteroatoms. The smallest absolute Gasteiger partial charge is 0.148 e. The Morgan fingerprint density at radius 1 is 1.28 bits per heavy atom. The maximum absolute atomic E-state index is 5.67. The minimum absolute atomic E-state index is 0.195. The van der Waals surface area contributed by atoms with E-state index in [1.165, 1.54) is 0 Å². The van der Waals surface area contributed by atoms with Crippen molar-refractivity contribution in [2.24, 2.45) is 5.73 Å². The van der Waals surface area contributed by atoms with Gasteiger partial charge >= 0.3 is 0 Å². The molecule has 0 amide bonds. The Balaban J connectivity index is 1.98. The van der Waals surface area contributed by atoms with Crippen molar-refractivity contribution in [2.45, 2.75) is 19.4 Å². The predicted molar refractivity (Wildman–Crippen MR) is 72.0 cm³/mol. The first kappa shape index (κ1) is 12.4. The van der Waals surface area contributed by atoms with Crippen LogP contribution in [0, 0.1) is 0 Å². The van der Waals surface area contributed by atoms with Crippen molar-refractivity contribution in [3.8, 4) is 11.3 Å². The summed E-state index contributed by atoms with van der Waals surface area (Å²) in [6.45, 7) is 2.79. The molecule has 2 aromatic rings. The van der Waals surface area contributed by atoms with Crippen molar-refractivity contribution in [1.82, 2.24) is 15.2 Å². The standard InChI is InChI=1S/C13H17N5/c1-10(14)6-8-16-13-5-4-12(17-18-13)11-3-2-7-15-9-11/h2-5,7,9-10H,6,8,14H2,1H3,(H,16,18). The molecule has 2 aromatic heterocycles. The molecule has 5 nitrogen and oxygen atoms in total. The summed E-state index contributed by atoms with van der Waals surface area (Å²) in [7, 11) is 0. The Bertz CT molecular complexity index is 467. The van der Waals surface area contributed by atoms with Gasteiger partial charge in [-0.05, 0) is 37.6 Å². The van der Waals surface area contributed by atoms with E-state index in [0.717, 1.165) is 30.0 Å². The van der Waals surface area contributed by atoms with Crippen LogP contribution < -0.4 is 11.1 Å². The number of pyridine rings is 1. The van der Waals surface area contributed by atoms with Gasteiger partial charge in [0.25, 0.3) is 0 Å². The van der Waals surface area contributed by atoms with Gasteiger partial charge in [0.05, 0.1) is 5.69 Å².